The number of nitrogens with zero attached hydrogens (tertiary/aromatic N) is 2. The number of unbranched alkanes of at least 4 members (excludes halogenated alkanes) is 1. The molecule has 228 valence electrons. The summed E-state index contributed by atoms with van der Waals surface area (Å²) in [6.07, 6.45) is 1.40. The number of primary amides is 1. The molecule has 0 aliphatic carbocycles. The molecule has 0 bridgehead atoms. The minimum atomic E-state index is -0.984. The summed E-state index contributed by atoms with van der Waals surface area (Å²) in [6.45, 7) is 8.07. The van der Waals surface area contributed by atoms with Gasteiger partial charge < -0.3 is 20.5 Å². The van der Waals surface area contributed by atoms with Crippen molar-refractivity contribution < 1.29 is 33.1 Å². The highest BCUT2D eigenvalue weighted by molar-refractivity contribution is 5.89. The molecular formula is C32H45N4O6+. The molecule has 2 aromatic rings. The standard InChI is InChI=1S/C32H44N4O6/c1-24-14-13-21-36(24,29(33)38)28(37)27(22-25-15-7-5-8-16-25)35(31(40)41-23-26-17-9-6-10-18-26)20-12-11-19-34-30(39)42-32(2,3)4/h5-10,15-18,24,27H,11-14,19-23H2,1-4H3,(H2-,33,34,38,39)/p+1/t24-,27-,36?/m1/s1. The fourth-order valence-corrected chi connectivity index (χ4v) is 5.36. The third kappa shape index (κ3) is 8.79. The van der Waals surface area contributed by atoms with Crippen LogP contribution in [0.4, 0.5) is 14.4 Å². The number of amides is 5. The normalized spacial score (nSPS) is 19.0. The van der Waals surface area contributed by atoms with E-state index in [0.717, 1.165) is 11.1 Å². The summed E-state index contributed by atoms with van der Waals surface area (Å²) in [5, 5.41) is 2.73. The zero-order chi connectivity index (χ0) is 30.8. The highest BCUT2D eigenvalue weighted by Crippen LogP contribution is 2.30. The molecule has 0 radical (unpaired) electrons. The van der Waals surface area contributed by atoms with Gasteiger partial charge in [-0.05, 0) is 51.7 Å². The molecule has 3 atom stereocenters. The Labute approximate surface area is 248 Å². The highest BCUT2D eigenvalue weighted by Gasteiger charge is 2.55. The number of alkyl carbamates (subject to hydrolysis) is 1. The van der Waals surface area contributed by atoms with Crippen LogP contribution in [0.15, 0.2) is 60.7 Å². The van der Waals surface area contributed by atoms with Gasteiger partial charge >= 0.3 is 24.1 Å². The molecule has 1 saturated heterocycles. The maximum atomic E-state index is 14.4. The van der Waals surface area contributed by atoms with Crippen LogP contribution in [-0.4, -0.2) is 70.8 Å². The molecule has 1 unspecified atom stereocenters. The van der Waals surface area contributed by atoms with E-state index in [0.29, 0.717) is 38.8 Å². The van der Waals surface area contributed by atoms with Gasteiger partial charge in [0, 0.05) is 32.4 Å². The van der Waals surface area contributed by atoms with Crippen LogP contribution in [0.3, 0.4) is 0 Å². The first-order valence-corrected chi connectivity index (χ1v) is 14.6. The minimum absolute atomic E-state index is 0.0366. The van der Waals surface area contributed by atoms with E-state index in [9.17, 15) is 19.2 Å². The Kier molecular flexibility index (Phi) is 11.5. The summed E-state index contributed by atoms with van der Waals surface area (Å²) in [5.74, 6) is -0.403. The van der Waals surface area contributed by atoms with Crippen LogP contribution in [0.5, 0.6) is 0 Å². The molecule has 1 aliphatic rings. The van der Waals surface area contributed by atoms with Crippen molar-refractivity contribution in [3.8, 4) is 0 Å². The fourth-order valence-electron chi connectivity index (χ4n) is 5.36. The van der Waals surface area contributed by atoms with Crippen LogP contribution >= 0.6 is 0 Å². The Morgan fingerprint density at radius 1 is 1.00 bits per heavy atom. The zero-order valence-corrected chi connectivity index (χ0v) is 25.2. The molecule has 3 rings (SSSR count). The van der Waals surface area contributed by atoms with E-state index in [2.05, 4.69) is 5.32 Å². The molecule has 1 fully saturated rings. The summed E-state index contributed by atoms with van der Waals surface area (Å²) in [4.78, 5) is 54.5. The number of hydrogen-bond donors (Lipinski definition) is 2. The van der Waals surface area contributed by atoms with E-state index < -0.39 is 40.3 Å². The predicted molar refractivity (Wildman–Crippen MR) is 159 cm³/mol. The SMILES string of the molecule is C[C@@H]1CCC[N+]1(C(N)=O)C(=O)[C@@H](Cc1ccccc1)N(CCCCNC(=O)OC(C)(C)C)C(=O)OCc1ccccc1. The number of likely N-dealkylation sites (tertiary alicyclic amines) is 1. The van der Waals surface area contributed by atoms with Gasteiger partial charge in [-0.3, -0.25) is 4.90 Å². The number of carbonyl (C=O) groups is 4. The van der Waals surface area contributed by atoms with Crippen molar-refractivity contribution in [1.29, 1.82) is 0 Å². The molecule has 0 saturated carbocycles. The molecule has 5 amide bonds. The van der Waals surface area contributed by atoms with Crippen LogP contribution < -0.4 is 11.1 Å². The Bertz CT molecular complexity index is 1200. The Hall–Kier alpha value is -3.92. The van der Waals surface area contributed by atoms with Crippen LogP contribution in [0.25, 0.3) is 0 Å². The third-order valence-electron chi connectivity index (χ3n) is 7.54. The van der Waals surface area contributed by atoms with E-state index in [-0.39, 0.29) is 25.6 Å². The maximum absolute atomic E-state index is 14.4. The van der Waals surface area contributed by atoms with E-state index in [1.165, 1.54) is 4.90 Å². The van der Waals surface area contributed by atoms with Crippen molar-refractivity contribution in [2.75, 3.05) is 19.6 Å². The molecule has 3 N–H and O–H groups in total. The van der Waals surface area contributed by atoms with E-state index in [1.807, 2.05) is 67.6 Å². The molecule has 2 aromatic carbocycles. The topological polar surface area (TPSA) is 128 Å². The van der Waals surface area contributed by atoms with Crippen molar-refractivity contribution in [2.45, 2.75) is 84.1 Å². The Balaban J connectivity index is 1.85. The predicted octanol–water partition coefficient (Wildman–Crippen LogP) is 5.15. The van der Waals surface area contributed by atoms with Crippen molar-refractivity contribution in [2.24, 2.45) is 5.73 Å². The number of benzene rings is 2. The Morgan fingerprint density at radius 3 is 2.17 bits per heavy atom. The molecule has 10 nitrogen and oxygen atoms in total. The highest BCUT2D eigenvalue weighted by atomic mass is 16.6. The summed E-state index contributed by atoms with van der Waals surface area (Å²) < 4.78 is 10.5. The van der Waals surface area contributed by atoms with Gasteiger partial charge in [0.2, 0.25) is 0 Å². The zero-order valence-electron chi connectivity index (χ0n) is 25.2. The van der Waals surface area contributed by atoms with E-state index in [4.69, 9.17) is 15.2 Å². The van der Waals surface area contributed by atoms with Gasteiger partial charge in [-0.25, -0.2) is 19.2 Å². The number of nitrogens with two attached hydrogens (primary N) is 1. The van der Waals surface area contributed by atoms with Crippen molar-refractivity contribution >= 4 is 24.1 Å². The van der Waals surface area contributed by atoms with Gasteiger partial charge in [-0.2, -0.15) is 4.48 Å². The number of ether oxygens (including phenoxy) is 2. The number of quaternary nitrogens is 1. The van der Waals surface area contributed by atoms with Crippen LogP contribution in [-0.2, 0) is 27.3 Å². The van der Waals surface area contributed by atoms with Gasteiger partial charge in [-0.15, -0.1) is 0 Å². The van der Waals surface area contributed by atoms with E-state index in [1.54, 1.807) is 20.8 Å². The number of hydrogen-bond acceptors (Lipinski definition) is 6. The molecule has 1 heterocycles. The van der Waals surface area contributed by atoms with Crippen molar-refractivity contribution in [3.05, 3.63) is 71.8 Å². The van der Waals surface area contributed by atoms with Crippen molar-refractivity contribution in [1.82, 2.24) is 10.2 Å². The lowest BCUT2D eigenvalue weighted by atomic mass is 10.0. The van der Waals surface area contributed by atoms with Crippen LogP contribution in [0, 0.1) is 0 Å². The Morgan fingerprint density at radius 2 is 1.62 bits per heavy atom. The average molecular weight is 582 g/mol. The number of nitrogens with one attached hydrogen (secondary N) is 1. The van der Waals surface area contributed by atoms with E-state index >= 15 is 0 Å². The molecule has 0 spiro atoms. The molecular weight excluding hydrogens is 536 g/mol. The summed E-state index contributed by atoms with van der Waals surface area (Å²) in [5.41, 5.74) is 6.95. The number of imide groups is 1. The first-order valence-electron chi connectivity index (χ1n) is 14.6. The largest absolute Gasteiger partial charge is 0.445 e. The van der Waals surface area contributed by atoms with Crippen LogP contribution in [0.1, 0.15) is 64.5 Å². The maximum Gasteiger partial charge on any atom is 0.421 e. The average Bonchev–Trinajstić information content (AvgIpc) is 3.34. The van der Waals surface area contributed by atoms with Gasteiger partial charge in [0.25, 0.3) is 0 Å². The number of carbonyl (C=O) groups excluding carboxylic acids is 4. The van der Waals surface area contributed by atoms with Gasteiger partial charge in [0.1, 0.15) is 18.2 Å². The second-order valence-electron chi connectivity index (χ2n) is 11.8. The quantitative estimate of drug-likeness (QED) is 0.279. The lowest BCUT2D eigenvalue weighted by Crippen LogP contribution is -2.67. The minimum Gasteiger partial charge on any atom is -0.445 e. The molecule has 42 heavy (non-hydrogen) atoms. The third-order valence-corrected chi connectivity index (χ3v) is 7.54. The second kappa shape index (κ2) is 14.8. The second-order valence-corrected chi connectivity index (χ2v) is 11.8. The lowest BCUT2D eigenvalue weighted by molar-refractivity contribution is -0.784. The van der Waals surface area contributed by atoms with Gasteiger partial charge in [0.15, 0.2) is 6.04 Å². The molecule has 0 aromatic heterocycles. The lowest BCUT2D eigenvalue weighted by Gasteiger charge is -2.37. The van der Waals surface area contributed by atoms with Gasteiger partial charge in [0.05, 0.1) is 6.54 Å². The van der Waals surface area contributed by atoms with Crippen molar-refractivity contribution in [3.63, 3.8) is 0 Å². The van der Waals surface area contributed by atoms with Crippen LogP contribution in [0.2, 0.25) is 0 Å². The fraction of sp³-hybridized carbons (Fsp3) is 0.500. The molecule has 10 heteroatoms. The first-order chi connectivity index (χ1) is 19.9. The van der Waals surface area contributed by atoms with Gasteiger partial charge in [-0.1, -0.05) is 60.7 Å². The summed E-state index contributed by atoms with van der Waals surface area (Å²) in [6, 6.07) is 16.7. The monoisotopic (exact) mass is 581 g/mol. The summed E-state index contributed by atoms with van der Waals surface area (Å²) in [7, 11) is 0. The smallest absolute Gasteiger partial charge is 0.421 e. The number of urea groups is 1. The number of rotatable bonds is 11. The summed E-state index contributed by atoms with van der Waals surface area (Å²) >= 11 is 0. The first kappa shape index (κ1) is 32.6. The molecule has 1 aliphatic heterocycles.